The number of hydrogen-bond donors (Lipinski definition) is 0. The van der Waals surface area contributed by atoms with Crippen molar-refractivity contribution in [3.05, 3.63) is 134 Å². The quantitative estimate of drug-likeness (QED) is 0.163. The molecule has 0 atom stereocenters. The highest BCUT2D eigenvalue weighted by Gasteiger charge is 2.53. The minimum atomic E-state index is 0.0107. The molecule has 0 saturated carbocycles. The van der Waals surface area contributed by atoms with Gasteiger partial charge < -0.3 is 9.80 Å². The molecule has 71 heavy (non-hydrogen) atoms. The molecule has 0 spiro atoms. The highest BCUT2D eigenvalue weighted by molar-refractivity contribution is 7.20. The van der Waals surface area contributed by atoms with Crippen LogP contribution in [0.3, 0.4) is 0 Å². The summed E-state index contributed by atoms with van der Waals surface area (Å²) in [5, 5.41) is 1.44. The fraction of sp³-hybridized carbons (Fsp3) is 0.493. The molecule has 5 aromatic carbocycles. The van der Waals surface area contributed by atoms with Gasteiger partial charge in [-0.1, -0.05) is 153 Å². The van der Waals surface area contributed by atoms with Crippen LogP contribution in [-0.2, 0) is 43.3 Å². The summed E-state index contributed by atoms with van der Waals surface area (Å²) < 4.78 is 0. The smallest absolute Gasteiger partial charge is 0.253 e. The summed E-state index contributed by atoms with van der Waals surface area (Å²) in [6, 6.07) is 35.0. The molecule has 0 bridgehead atoms. The van der Waals surface area contributed by atoms with Crippen molar-refractivity contribution < 1.29 is 0 Å². The number of rotatable bonds is 3. The van der Waals surface area contributed by atoms with Crippen LogP contribution >= 0.6 is 11.3 Å². The Kier molecular flexibility index (Phi) is 9.91. The van der Waals surface area contributed by atoms with Crippen molar-refractivity contribution in [2.24, 2.45) is 0 Å². The molecule has 3 heterocycles. The van der Waals surface area contributed by atoms with E-state index in [0.29, 0.717) is 0 Å². The Labute approximate surface area is 433 Å². The lowest BCUT2D eigenvalue weighted by Crippen LogP contribution is -2.63. The monoisotopic (exact) mass is 957 g/mol. The van der Waals surface area contributed by atoms with E-state index in [0.717, 1.165) is 0 Å². The molecule has 0 radical (unpaired) electrons. The fourth-order valence-corrected chi connectivity index (χ4v) is 16.6. The Morgan fingerprint density at radius 3 is 1.45 bits per heavy atom. The summed E-state index contributed by atoms with van der Waals surface area (Å²) in [7, 11) is 0. The molecular formula is C67H81BN2S. The van der Waals surface area contributed by atoms with Crippen molar-refractivity contribution in [1.29, 1.82) is 0 Å². The minimum absolute atomic E-state index is 0.0107. The topological polar surface area (TPSA) is 6.48 Å². The molecule has 12 rings (SSSR count). The van der Waals surface area contributed by atoms with Crippen LogP contribution in [0.1, 0.15) is 212 Å². The highest BCUT2D eigenvalue weighted by Crippen LogP contribution is 2.59. The third kappa shape index (κ3) is 6.83. The van der Waals surface area contributed by atoms with Gasteiger partial charge in [0.1, 0.15) is 0 Å². The first-order valence-corrected chi connectivity index (χ1v) is 28.4. The van der Waals surface area contributed by atoms with Crippen LogP contribution < -0.4 is 26.2 Å². The zero-order valence-corrected chi connectivity index (χ0v) is 47.4. The first-order chi connectivity index (χ1) is 33.0. The predicted molar refractivity (Wildman–Crippen MR) is 310 cm³/mol. The normalized spacial score (nSPS) is 22.5. The lowest BCUT2D eigenvalue weighted by molar-refractivity contribution is 0.332. The molecule has 0 fully saturated rings. The maximum absolute atomic E-state index is 2.83. The first-order valence-electron chi connectivity index (χ1n) is 27.6. The van der Waals surface area contributed by atoms with E-state index in [2.05, 4.69) is 224 Å². The Bertz CT molecular complexity index is 3240. The van der Waals surface area contributed by atoms with E-state index < -0.39 is 0 Å². The lowest BCUT2D eigenvalue weighted by atomic mass is 9.32. The van der Waals surface area contributed by atoms with E-state index in [4.69, 9.17) is 0 Å². The van der Waals surface area contributed by atoms with Crippen LogP contribution in [0.4, 0.5) is 33.4 Å². The van der Waals surface area contributed by atoms with Gasteiger partial charge >= 0.3 is 0 Å². The molecule has 6 aromatic rings. The second-order valence-corrected chi connectivity index (χ2v) is 29.9. The molecule has 6 aliphatic rings. The second-order valence-electron chi connectivity index (χ2n) is 28.9. The highest BCUT2D eigenvalue weighted by atomic mass is 32.1. The van der Waals surface area contributed by atoms with Gasteiger partial charge in [0.25, 0.3) is 6.71 Å². The van der Waals surface area contributed by atoms with Crippen molar-refractivity contribution in [3.63, 3.8) is 0 Å². The number of aryl methyl sites for hydroxylation is 1. The molecule has 0 N–H and O–H groups in total. The zero-order valence-electron chi connectivity index (χ0n) is 46.6. The van der Waals surface area contributed by atoms with Crippen molar-refractivity contribution in [2.75, 3.05) is 9.80 Å². The Balaban J connectivity index is 1.25. The molecule has 1 aromatic heterocycles. The van der Waals surface area contributed by atoms with Crippen LogP contribution in [0.15, 0.2) is 84.9 Å². The van der Waals surface area contributed by atoms with E-state index in [9.17, 15) is 0 Å². The van der Waals surface area contributed by atoms with E-state index in [1.807, 2.05) is 0 Å². The number of fused-ring (bicyclic) bond motifs is 9. The van der Waals surface area contributed by atoms with Crippen LogP contribution in [-0.4, -0.2) is 6.71 Å². The Hall–Kier alpha value is -4.54. The number of hydrogen-bond acceptors (Lipinski definition) is 3. The van der Waals surface area contributed by atoms with Crippen molar-refractivity contribution >= 4 is 67.9 Å². The molecular weight excluding hydrogens is 876 g/mol. The molecule has 4 heteroatoms. The van der Waals surface area contributed by atoms with E-state index in [-0.39, 0.29) is 50.0 Å². The van der Waals surface area contributed by atoms with Crippen LogP contribution in [0.2, 0.25) is 0 Å². The third-order valence-corrected chi connectivity index (χ3v) is 21.6. The van der Waals surface area contributed by atoms with E-state index >= 15 is 0 Å². The average Bonchev–Trinajstić information content (AvgIpc) is 3.73. The standard InChI is InChI=1S/C67H81BN2S/c1-40-33-53-56-54(34-40)70(51-38-48-46(62(6,7)27-29-64(48,10)11)36-43(51)41-21-19-18-20-22-41)59-57(55-58(71-59)67(16,17)32-31-66(55,14)15)68(56)50-37-47-49(65(12,13)30-28-63(47,8)9)39-52(50)69(53)42-23-24-44-45(35-42)61(4,5)26-25-60(44,2)3/h18-24,33-39H,25-32H2,1-17H3. The minimum Gasteiger partial charge on any atom is -0.311 e. The Morgan fingerprint density at radius 2 is 0.873 bits per heavy atom. The maximum Gasteiger partial charge on any atom is 0.253 e. The molecule has 368 valence electrons. The second kappa shape index (κ2) is 14.8. The van der Waals surface area contributed by atoms with Crippen LogP contribution in [0.25, 0.3) is 11.1 Å². The molecule has 2 aliphatic heterocycles. The lowest BCUT2D eigenvalue weighted by Gasteiger charge is -2.48. The summed E-state index contributed by atoms with van der Waals surface area (Å²) in [5.41, 5.74) is 26.5. The zero-order chi connectivity index (χ0) is 50.5. The third-order valence-electron chi connectivity index (χ3n) is 20.1. The molecule has 4 aliphatic carbocycles. The Morgan fingerprint density at radius 1 is 0.408 bits per heavy atom. The van der Waals surface area contributed by atoms with Gasteiger partial charge in [-0.15, -0.1) is 11.3 Å². The van der Waals surface area contributed by atoms with Gasteiger partial charge in [0.2, 0.25) is 0 Å². The SMILES string of the molecule is Cc1cc2c3c(c1)N(c1cc4c(cc1-c1ccccc1)C(C)(C)CCC4(C)C)c1sc4c(c1B3c1cc3c(cc1N2c1ccc2c(c1)C(C)(C)CCC2(C)C)C(C)(C)CCC3(C)C)C(C)(C)CCC4(C)C. The van der Waals surface area contributed by atoms with Crippen molar-refractivity contribution in [3.8, 4) is 11.1 Å². The first kappa shape index (κ1) is 47.5. The van der Waals surface area contributed by atoms with Gasteiger partial charge in [0, 0.05) is 33.2 Å². The molecule has 2 nitrogen and oxygen atoms in total. The summed E-state index contributed by atoms with van der Waals surface area (Å²) in [6.45, 7) is 42.7. The van der Waals surface area contributed by atoms with Crippen LogP contribution in [0, 0.1) is 6.92 Å². The predicted octanol–water partition coefficient (Wildman–Crippen LogP) is 17.2. The fourth-order valence-electron chi connectivity index (χ4n) is 14.9. The molecule has 0 unspecified atom stereocenters. The van der Waals surface area contributed by atoms with Gasteiger partial charge in [-0.3, -0.25) is 0 Å². The number of anilines is 6. The maximum atomic E-state index is 2.83. The number of thiophene rings is 1. The summed E-state index contributed by atoms with van der Waals surface area (Å²) >= 11 is 2.14. The number of nitrogens with zero attached hydrogens (tertiary/aromatic N) is 2. The number of benzene rings is 5. The summed E-state index contributed by atoms with van der Waals surface area (Å²) in [5.74, 6) is 0. The summed E-state index contributed by atoms with van der Waals surface area (Å²) in [6.07, 6.45) is 9.53. The van der Waals surface area contributed by atoms with Gasteiger partial charge in [-0.2, -0.15) is 0 Å². The van der Waals surface area contributed by atoms with Crippen LogP contribution in [0.5, 0.6) is 0 Å². The average molecular weight is 957 g/mol. The van der Waals surface area contributed by atoms with Gasteiger partial charge in [0.15, 0.2) is 0 Å². The van der Waals surface area contributed by atoms with Gasteiger partial charge in [-0.25, -0.2) is 0 Å². The molecule has 0 amide bonds. The van der Waals surface area contributed by atoms with E-state index in [1.54, 1.807) is 21.5 Å². The van der Waals surface area contributed by atoms with Crippen molar-refractivity contribution in [1.82, 2.24) is 0 Å². The van der Waals surface area contributed by atoms with Gasteiger partial charge in [-0.05, 0) is 211 Å². The molecule has 0 saturated heterocycles. The summed E-state index contributed by atoms with van der Waals surface area (Å²) in [4.78, 5) is 7.19. The largest absolute Gasteiger partial charge is 0.311 e. The van der Waals surface area contributed by atoms with E-state index in [1.165, 1.54) is 140 Å². The van der Waals surface area contributed by atoms with Crippen molar-refractivity contribution in [2.45, 2.75) is 212 Å². The van der Waals surface area contributed by atoms with Gasteiger partial charge in [0.05, 0.1) is 10.7 Å².